The molecule has 1 amide bonds. The number of anilines is 2. The zero-order valence-corrected chi connectivity index (χ0v) is 15.0. The highest BCUT2D eigenvalue weighted by atomic mass is 16.5. The lowest BCUT2D eigenvalue weighted by atomic mass is 9.97. The van der Waals surface area contributed by atoms with Gasteiger partial charge in [0.25, 0.3) is 0 Å². The van der Waals surface area contributed by atoms with Crippen LogP contribution in [0.1, 0.15) is 23.5 Å². The summed E-state index contributed by atoms with van der Waals surface area (Å²) in [6.07, 6.45) is 0.475. The molecule has 2 N–H and O–H groups in total. The molecule has 0 spiro atoms. The molecule has 1 atom stereocenters. The number of carbonyl (C=O) groups excluding carboxylic acids is 1. The molecule has 0 saturated heterocycles. The quantitative estimate of drug-likeness (QED) is 0.665. The number of amides is 1. The van der Waals surface area contributed by atoms with E-state index in [0.717, 1.165) is 29.2 Å². The maximum Gasteiger partial charge on any atom is 0.225 e. The highest BCUT2D eigenvalue weighted by molar-refractivity contribution is 5.91. The van der Waals surface area contributed by atoms with Gasteiger partial charge in [0.15, 0.2) is 0 Å². The van der Waals surface area contributed by atoms with E-state index in [2.05, 4.69) is 22.8 Å². The van der Waals surface area contributed by atoms with Gasteiger partial charge in [0.05, 0.1) is 0 Å². The molecule has 27 heavy (non-hydrogen) atoms. The largest absolute Gasteiger partial charge is 0.489 e. The van der Waals surface area contributed by atoms with Crippen molar-refractivity contribution in [1.82, 2.24) is 0 Å². The second kappa shape index (κ2) is 7.96. The van der Waals surface area contributed by atoms with Gasteiger partial charge < -0.3 is 15.4 Å². The van der Waals surface area contributed by atoms with E-state index in [1.165, 1.54) is 5.56 Å². The third-order valence-corrected chi connectivity index (χ3v) is 4.76. The maximum absolute atomic E-state index is 12.4. The first-order valence-corrected chi connectivity index (χ1v) is 9.17. The van der Waals surface area contributed by atoms with Crippen molar-refractivity contribution in [2.45, 2.75) is 18.9 Å². The molecule has 4 nitrogen and oxygen atoms in total. The molecule has 3 aromatic rings. The Morgan fingerprint density at radius 3 is 2.52 bits per heavy atom. The number of para-hydroxylation sites is 2. The maximum atomic E-state index is 12.4. The van der Waals surface area contributed by atoms with E-state index >= 15 is 0 Å². The highest BCUT2D eigenvalue weighted by Gasteiger charge is 2.23. The fourth-order valence-corrected chi connectivity index (χ4v) is 3.34. The van der Waals surface area contributed by atoms with E-state index in [1.807, 2.05) is 66.7 Å². The molecular formula is C23H22N2O2. The molecule has 0 aliphatic carbocycles. The van der Waals surface area contributed by atoms with E-state index in [9.17, 15) is 4.79 Å². The number of hydrogen-bond donors (Lipinski definition) is 2. The Kier molecular flexibility index (Phi) is 5.06. The molecule has 1 aliphatic rings. The Hall–Kier alpha value is -3.27. The van der Waals surface area contributed by atoms with Gasteiger partial charge in [-0.2, -0.15) is 0 Å². The van der Waals surface area contributed by atoms with Gasteiger partial charge in [0, 0.05) is 30.3 Å². The van der Waals surface area contributed by atoms with Crippen molar-refractivity contribution in [3.8, 4) is 5.75 Å². The lowest BCUT2D eigenvalue weighted by molar-refractivity contribution is -0.116. The van der Waals surface area contributed by atoms with Crippen molar-refractivity contribution >= 4 is 17.3 Å². The minimum atomic E-state index is 0.0341. The van der Waals surface area contributed by atoms with E-state index in [4.69, 9.17) is 4.74 Å². The van der Waals surface area contributed by atoms with Crippen molar-refractivity contribution < 1.29 is 9.53 Å². The minimum Gasteiger partial charge on any atom is -0.489 e. The molecule has 4 heteroatoms. The smallest absolute Gasteiger partial charge is 0.225 e. The second-order valence-electron chi connectivity index (χ2n) is 6.72. The fourth-order valence-electron chi connectivity index (χ4n) is 3.34. The second-order valence-corrected chi connectivity index (χ2v) is 6.72. The van der Waals surface area contributed by atoms with Gasteiger partial charge in [-0.3, -0.25) is 4.79 Å². The summed E-state index contributed by atoms with van der Waals surface area (Å²) in [5.41, 5.74) is 4.23. The molecule has 0 bridgehead atoms. The predicted molar refractivity (Wildman–Crippen MR) is 108 cm³/mol. The Labute approximate surface area is 159 Å². The molecule has 0 saturated carbocycles. The normalized spacial score (nSPS) is 14.9. The van der Waals surface area contributed by atoms with E-state index < -0.39 is 0 Å². The van der Waals surface area contributed by atoms with Gasteiger partial charge >= 0.3 is 0 Å². The molecule has 1 aliphatic heterocycles. The Morgan fingerprint density at radius 1 is 0.963 bits per heavy atom. The first kappa shape index (κ1) is 17.2. The zero-order valence-electron chi connectivity index (χ0n) is 15.0. The molecule has 4 rings (SSSR count). The molecule has 1 unspecified atom stereocenters. The minimum absolute atomic E-state index is 0.0341. The predicted octanol–water partition coefficient (Wildman–Crippen LogP) is 4.80. The Balaban J connectivity index is 1.30. The summed E-state index contributed by atoms with van der Waals surface area (Å²) < 4.78 is 5.74. The van der Waals surface area contributed by atoms with Gasteiger partial charge in [-0.25, -0.2) is 0 Å². The molecule has 1 heterocycles. The van der Waals surface area contributed by atoms with Crippen LogP contribution in [0.2, 0.25) is 0 Å². The number of nitrogens with one attached hydrogen (secondary N) is 2. The SMILES string of the molecule is O=C(CC1CNc2ccccc21)Nc1ccc(COc2ccccc2)cc1. The summed E-state index contributed by atoms with van der Waals surface area (Å²) in [5, 5.41) is 6.35. The molecule has 0 aromatic heterocycles. The van der Waals surface area contributed by atoms with Crippen LogP contribution in [0.5, 0.6) is 5.75 Å². The average molecular weight is 358 g/mol. The van der Waals surface area contributed by atoms with Gasteiger partial charge in [-0.1, -0.05) is 48.5 Å². The number of hydrogen-bond acceptors (Lipinski definition) is 3. The third kappa shape index (κ3) is 4.29. The summed E-state index contributed by atoms with van der Waals surface area (Å²) in [5.74, 6) is 1.10. The molecule has 0 radical (unpaired) electrons. The summed E-state index contributed by atoms with van der Waals surface area (Å²) in [7, 11) is 0. The lowest BCUT2D eigenvalue weighted by Gasteiger charge is -2.11. The number of benzene rings is 3. The highest BCUT2D eigenvalue weighted by Crippen LogP contribution is 2.33. The van der Waals surface area contributed by atoms with Gasteiger partial charge in [0.2, 0.25) is 5.91 Å². The fraction of sp³-hybridized carbons (Fsp3) is 0.174. The van der Waals surface area contributed by atoms with Crippen LogP contribution in [0.15, 0.2) is 78.9 Å². The summed E-state index contributed by atoms with van der Waals surface area (Å²) in [6.45, 7) is 1.31. The summed E-state index contributed by atoms with van der Waals surface area (Å²) >= 11 is 0. The van der Waals surface area contributed by atoms with Gasteiger partial charge in [-0.15, -0.1) is 0 Å². The van der Waals surface area contributed by atoms with Crippen molar-refractivity contribution in [2.75, 3.05) is 17.2 Å². The standard InChI is InChI=1S/C23H22N2O2/c26-23(14-18-15-24-22-9-5-4-8-21(18)22)25-19-12-10-17(11-13-19)16-27-20-6-2-1-3-7-20/h1-13,18,24H,14-16H2,(H,25,26). The molecule has 0 fully saturated rings. The van der Waals surface area contributed by atoms with Crippen LogP contribution < -0.4 is 15.4 Å². The third-order valence-electron chi connectivity index (χ3n) is 4.76. The first-order chi connectivity index (χ1) is 13.3. The van der Waals surface area contributed by atoms with Crippen LogP contribution in [0.25, 0.3) is 0 Å². The number of fused-ring (bicyclic) bond motifs is 1. The van der Waals surface area contributed by atoms with E-state index in [1.54, 1.807) is 0 Å². The van der Waals surface area contributed by atoms with Crippen LogP contribution >= 0.6 is 0 Å². The number of carbonyl (C=O) groups is 1. The van der Waals surface area contributed by atoms with Gasteiger partial charge in [-0.05, 0) is 41.5 Å². The average Bonchev–Trinajstić information content (AvgIpc) is 3.11. The molecule has 136 valence electrons. The Morgan fingerprint density at radius 2 is 1.70 bits per heavy atom. The zero-order chi connectivity index (χ0) is 18.5. The Bertz CT molecular complexity index is 907. The van der Waals surface area contributed by atoms with Crippen molar-refractivity contribution in [2.24, 2.45) is 0 Å². The van der Waals surface area contributed by atoms with E-state index in [0.29, 0.717) is 13.0 Å². The van der Waals surface area contributed by atoms with Crippen LogP contribution in [-0.2, 0) is 11.4 Å². The van der Waals surface area contributed by atoms with Gasteiger partial charge in [0.1, 0.15) is 12.4 Å². The monoisotopic (exact) mass is 358 g/mol. The molecular weight excluding hydrogens is 336 g/mol. The topological polar surface area (TPSA) is 50.4 Å². The lowest BCUT2D eigenvalue weighted by Crippen LogP contribution is -2.16. The van der Waals surface area contributed by atoms with Crippen molar-refractivity contribution in [1.29, 1.82) is 0 Å². The van der Waals surface area contributed by atoms with Crippen LogP contribution in [0.4, 0.5) is 11.4 Å². The first-order valence-electron chi connectivity index (χ1n) is 9.17. The summed E-state index contributed by atoms with van der Waals surface area (Å²) in [4.78, 5) is 12.4. The number of ether oxygens (including phenoxy) is 1. The van der Waals surface area contributed by atoms with Crippen molar-refractivity contribution in [3.05, 3.63) is 90.0 Å². The van der Waals surface area contributed by atoms with Crippen LogP contribution in [0.3, 0.4) is 0 Å². The summed E-state index contributed by atoms with van der Waals surface area (Å²) in [6, 6.07) is 25.7. The van der Waals surface area contributed by atoms with E-state index in [-0.39, 0.29) is 11.8 Å². The molecule has 3 aromatic carbocycles. The number of rotatable bonds is 6. The van der Waals surface area contributed by atoms with Crippen LogP contribution in [-0.4, -0.2) is 12.5 Å². The van der Waals surface area contributed by atoms with Crippen molar-refractivity contribution in [3.63, 3.8) is 0 Å². The van der Waals surface area contributed by atoms with Crippen LogP contribution in [0, 0.1) is 0 Å².